The number of anilines is 1. The molecule has 0 aromatic heterocycles. The van der Waals surface area contributed by atoms with Crippen LogP contribution in [0.4, 0.5) is 11.4 Å². The highest BCUT2D eigenvalue weighted by Crippen LogP contribution is 2.25. The summed E-state index contributed by atoms with van der Waals surface area (Å²) in [5, 5.41) is 10.9. The summed E-state index contributed by atoms with van der Waals surface area (Å²) in [6.07, 6.45) is 0. The summed E-state index contributed by atoms with van der Waals surface area (Å²) in [4.78, 5) is 24.9. The Morgan fingerprint density at radius 1 is 1.27 bits per heavy atom. The number of carbonyl (C=O) groups is 1. The van der Waals surface area contributed by atoms with Crippen LogP contribution in [-0.2, 0) is 0 Å². The van der Waals surface area contributed by atoms with Crippen molar-refractivity contribution in [1.82, 2.24) is 0 Å². The number of benzene rings is 2. The van der Waals surface area contributed by atoms with Crippen LogP contribution in [0.15, 0.2) is 42.5 Å². The monoisotopic (exact) mass is 410 g/mol. The van der Waals surface area contributed by atoms with Gasteiger partial charge in [0.2, 0.25) is 0 Å². The summed E-state index contributed by atoms with van der Waals surface area (Å²) in [6.45, 7) is 4.31. The van der Waals surface area contributed by atoms with Gasteiger partial charge in [0, 0.05) is 27.9 Å². The van der Waals surface area contributed by atoms with Gasteiger partial charge >= 0.3 is 0 Å². The lowest BCUT2D eigenvalue weighted by molar-refractivity contribution is -0.384. The normalized spacial score (nSPS) is 10.3. The second-order valence-electron chi connectivity index (χ2n) is 4.76. The maximum atomic E-state index is 12.8. The second-order valence-corrected chi connectivity index (χ2v) is 5.92. The van der Waals surface area contributed by atoms with Crippen LogP contribution < -0.4 is 4.90 Å². The number of amides is 1. The largest absolute Gasteiger partial charge is 0.308 e. The van der Waals surface area contributed by atoms with Gasteiger partial charge < -0.3 is 4.90 Å². The minimum Gasteiger partial charge on any atom is -0.308 e. The van der Waals surface area contributed by atoms with Gasteiger partial charge in [0.05, 0.1) is 10.5 Å². The minimum absolute atomic E-state index is 0.0791. The summed E-state index contributed by atoms with van der Waals surface area (Å²) in [6, 6.07) is 11.9. The molecule has 0 saturated heterocycles. The zero-order chi connectivity index (χ0) is 16.3. The Kier molecular flexibility index (Phi) is 5.12. The Labute approximate surface area is 142 Å². The molecule has 0 spiro atoms. The average Bonchev–Trinajstić information content (AvgIpc) is 2.50. The highest BCUT2D eigenvalue weighted by Gasteiger charge is 2.22. The van der Waals surface area contributed by atoms with E-state index in [1.54, 1.807) is 11.0 Å². The second kappa shape index (κ2) is 6.87. The molecule has 22 heavy (non-hydrogen) atoms. The zero-order valence-electron chi connectivity index (χ0n) is 12.2. The quantitative estimate of drug-likeness (QED) is 0.432. The van der Waals surface area contributed by atoms with Crippen LogP contribution in [0, 0.1) is 20.6 Å². The van der Waals surface area contributed by atoms with E-state index in [0.717, 1.165) is 11.3 Å². The number of hydrogen-bond acceptors (Lipinski definition) is 3. The maximum Gasteiger partial charge on any atom is 0.270 e. The van der Waals surface area contributed by atoms with Gasteiger partial charge in [0.25, 0.3) is 11.6 Å². The first-order valence-electron chi connectivity index (χ1n) is 6.77. The first-order chi connectivity index (χ1) is 10.5. The van der Waals surface area contributed by atoms with Gasteiger partial charge in [0.15, 0.2) is 0 Å². The number of halogens is 1. The number of hydrogen-bond donors (Lipinski definition) is 0. The summed E-state index contributed by atoms with van der Waals surface area (Å²) in [7, 11) is 0. The molecule has 0 N–H and O–H groups in total. The molecule has 0 aliphatic heterocycles. The molecule has 0 fully saturated rings. The predicted octanol–water partition coefficient (Wildman–Crippen LogP) is 4.17. The van der Waals surface area contributed by atoms with Gasteiger partial charge in [-0.15, -0.1) is 0 Å². The molecule has 0 unspecified atom stereocenters. The topological polar surface area (TPSA) is 63.5 Å². The zero-order valence-corrected chi connectivity index (χ0v) is 14.4. The molecular formula is C16H15IN2O3. The number of nitro benzene ring substituents is 1. The van der Waals surface area contributed by atoms with E-state index in [-0.39, 0.29) is 11.6 Å². The Balaban J connectivity index is 2.47. The van der Waals surface area contributed by atoms with E-state index in [1.165, 1.54) is 12.1 Å². The highest BCUT2D eigenvalue weighted by atomic mass is 127. The molecule has 0 radical (unpaired) electrons. The standard InChI is InChI=1S/C16H15IN2O3/c1-3-18(15-7-5-4-6-11(15)2)16(20)13-10-12(19(21)22)8-9-14(13)17/h4-10H,3H2,1-2H3. The summed E-state index contributed by atoms with van der Waals surface area (Å²) >= 11 is 2.02. The lowest BCUT2D eigenvalue weighted by Gasteiger charge is -2.23. The molecule has 0 saturated carbocycles. The number of nitrogens with zero attached hydrogens (tertiary/aromatic N) is 2. The fourth-order valence-corrected chi connectivity index (χ4v) is 2.79. The predicted molar refractivity (Wildman–Crippen MR) is 94.3 cm³/mol. The van der Waals surface area contributed by atoms with Gasteiger partial charge in [-0.05, 0) is 54.1 Å². The van der Waals surface area contributed by atoms with Crippen molar-refractivity contribution in [2.24, 2.45) is 0 Å². The van der Waals surface area contributed by atoms with Crippen LogP contribution in [-0.4, -0.2) is 17.4 Å². The summed E-state index contributed by atoms with van der Waals surface area (Å²) in [5.74, 6) is -0.232. The molecule has 114 valence electrons. The van der Waals surface area contributed by atoms with Crippen LogP contribution in [0.3, 0.4) is 0 Å². The van der Waals surface area contributed by atoms with E-state index in [2.05, 4.69) is 0 Å². The first kappa shape index (κ1) is 16.4. The van der Waals surface area contributed by atoms with Crippen molar-refractivity contribution in [2.75, 3.05) is 11.4 Å². The highest BCUT2D eigenvalue weighted by molar-refractivity contribution is 14.1. The van der Waals surface area contributed by atoms with Crippen molar-refractivity contribution in [1.29, 1.82) is 0 Å². The van der Waals surface area contributed by atoms with E-state index >= 15 is 0 Å². The molecule has 6 heteroatoms. The van der Waals surface area contributed by atoms with Gasteiger partial charge in [-0.2, -0.15) is 0 Å². The van der Waals surface area contributed by atoms with Crippen molar-refractivity contribution in [3.63, 3.8) is 0 Å². The number of non-ortho nitro benzene ring substituents is 1. The molecule has 1 amide bonds. The van der Waals surface area contributed by atoms with Crippen LogP contribution in [0.1, 0.15) is 22.8 Å². The van der Waals surface area contributed by atoms with Crippen molar-refractivity contribution in [3.8, 4) is 0 Å². The lowest BCUT2D eigenvalue weighted by Crippen LogP contribution is -2.31. The molecule has 0 aliphatic rings. The van der Waals surface area contributed by atoms with E-state index in [0.29, 0.717) is 15.7 Å². The fourth-order valence-electron chi connectivity index (χ4n) is 2.23. The van der Waals surface area contributed by atoms with Crippen molar-refractivity contribution in [2.45, 2.75) is 13.8 Å². The Hall–Kier alpha value is -1.96. The number of aryl methyl sites for hydroxylation is 1. The number of rotatable bonds is 4. The maximum absolute atomic E-state index is 12.8. The van der Waals surface area contributed by atoms with Crippen molar-refractivity contribution < 1.29 is 9.72 Å². The third kappa shape index (κ3) is 3.27. The van der Waals surface area contributed by atoms with Gasteiger partial charge in [-0.1, -0.05) is 18.2 Å². The molecule has 0 heterocycles. The van der Waals surface area contributed by atoms with E-state index in [4.69, 9.17) is 0 Å². The molecule has 0 aliphatic carbocycles. The molecular weight excluding hydrogens is 395 g/mol. The van der Waals surface area contributed by atoms with E-state index < -0.39 is 4.92 Å². The van der Waals surface area contributed by atoms with Crippen LogP contribution in [0.5, 0.6) is 0 Å². The third-order valence-corrected chi connectivity index (χ3v) is 4.30. The SMILES string of the molecule is CCN(C(=O)c1cc([N+](=O)[O-])ccc1I)c1ccccc1C. The van der Waals surface area contributed by atoms with Gasteiger partial charge in [-0.25, -0.2) is 0 Å². The average molecular weight is 410 g/mol. The van der Waals surface area contributed by atoms with E-state index in [9.17, 15) is 14.9 Å². The Morgan fingerprint density at radius 2 is 1.95 bits per heavy atom. The molecule has 0 bridgehead atoms. The van der Waals surface area contributed by atoms with Gasteiger partial charge in [-0.3, -0.25) is 14.9 Å². The van der Waals surface area contributed by atoms with Crippen LogP contribution in [0.2, 0.25) is 0 Å². The van der Waals surface area contributed by atoms with Crippen molar-refractivity contribution in [3.05, 3.63) is 67.3 Å². The first-order valence-corrected chi connectivity index (χ1v) is 7.85. The molecule has 0 atom stereocenters. The fraction of sp³-hybridized carbons (Fsp3) is 0.188. The number of carbonyl (C=O) groups excluding carboxylic acids is 1. The van der Waals surface area contributed by atoms with Gasteiger partial charge in [0.1, 0.15) is 0 Å². The lowest BCUT2D eigenvalue weighted by atomic mass is 10.1. The smallest absolute Gasteiger partial charge is 0.270 e. The van der Waals surface area contributed by atoms with Crippen LogP contribution in [0.25, 0.3) is 0 Å². The van der Waals surface area contributed by atoms with E-state index in [1.807, 2.05) is 60.7 Å². The van der Waals surface area contributed by atoms with Crippen molar-refractivity contribution >= 4 is 39.9 Å². The summed E-state index contributed by atoms with van der Waals surface area (Å²) in [5.41, 5.74) is 2.07. The van der Waals surface area contributed by atoms with Crippen LogP contribution >= 0.6 is 22.6 Å². The third-order valence-electron chi connectivity index (χ3n) is 3.36. The molecule has 5 nitrogen and oxygen atoms in total. The number of nitro groups is 1. The minimum atomic E-state index is -0.489. The Bertz CT molecular complexity index is 731. The molecule has 2 aromatic carbocycles. The molecule has 2 aromatic rings. The number of para-hydroxylation sites is 1. The summed E-state index contributed by atoms with van der Waals surface area (Å²) < 4.78 is 0.695. The Morgan fingerprint density at radius 3 is 2.55 bits per heavy atom. The molecule has 2 rings (SSSR count).